The molecule has 0 aromatic heterocycles. The topological polar surface area (TPSA) is 70.5 Å². The van der Waals surface area contributed by atoms with Crippen LogP contribution in [0, 0.1) is 6.92 Å². The van der Waals surface area contributed by atoms with Crippen LogP contribution >= 0.6 is 0 Å². The Labute approximate surface area is 119 Å². The summed E-state index contributed by atoms with van der Waals surface area (Å²) in [5.41, 5.74) is 14.0. The molecular formula is C16H20N2O2. The maximum absolute atomic E-state index is 5.93. The maximum atomic E-state index is 5.93. The van der Waals surface area contributed by atoms with E-state index >= 15 is 0 Å². The fraction of sp³-hybridized carbons (Fsp3) is 0.250. The van der Waals surface area contributed by atoms with Crippen LogP contribution in [-0.4, -0.2) is 13.2 Å². The summed E-state index contributed by atoms with van der Waals surface area (Å²) in [7, 11) is 0. The van der Waals surface area contributed by atoms with Crippen LogP contribution in [0.25, 0.3) is 0 Å². The average Bonchev–Trinajstić information content (AvgIpc) is 2.43. The number of para-hydroxylation sites is 1. The van der Waals surface area contributed by atoms with E-state index in [1.165, 1.54) is 0 Å². The van der Waals surface area contributed by atoms with Crippen molar-refractivity contribution in [3.63, 3.8) is 0 Å². The number of hydrogen-bond acceptors (Lipinski definition) is 4. The van der Waals surface area contributed by atoms with Crippen LogP contribution in [0.5, 0.6) is 11.5 Å². The molecule has 0 fully saturated rings. The van der Waals surface area contributed by atoms with Gasteiger partial charge in [-0.15, -0.1) is 0 Å². The van der Waals surface area contributed by atoms with Gasteiger partial charge in [0.25, 0.3) is 0 Å². The molecule has 20 heavy (non-hydrogen) atoms. The minimum absolute atomic E-state index is 0.565. The predicted octanol–water partition coefficient (Wildman–Crippen LogP) is 3.01. The summed E-state index contributed by atoms with van der Waals surface area (Å²) in [4.78, 5) is 0. The van der Waals surface area contributed by atoms with Gasteiger partial charge in [-0.2, -0.15) is 0 Å². The third-order valence-corrected chi connectivity index (χ3v) is 2.96. The van der Waals surface area contributed by atoms with Crippen LogP contribution in [0.15, 0.2) is 42.5 Å². The van der Waals surface area contributed by atoms with Gasteiger partial charge in [-0.1, -0.05) is 18.2 Å². The standard InChI is InChI=1S/C16H20N2O2/c1-12-5-2-8-15(16(12)18)20-10-4-9-19-14-7-3-6-13(17)11-14/h2-3,5-8,11H,4,9-10,17-18H2,1H3. The van der Waals surface area contributed by atoms with Crippen LogP contribution < -0.4 is 20.9 Å². The molecule has 4 N–H and O–H groups in total. The number of rotatable bonds is 6. The number of nitrogens with two attached hydrogens (primary N) is 2. The zero-order valence-corrected chi connectivity index (χ0v) is 11.6. The number of aryl methyl sites for hydroxylation is 1. The lowest BCUT2D eigenvalue weighted by atomic mass is 10.2. The summed E-state index contributed by atoms with van der Waals surface area (Å²) in [6, 6.07) is 13.2. The minimum Gasteiger partial charge on any atom is -0.493 e. The molecule has 2 aromatic rings. The van der Waals surface area contributed by atoms with Crippen LogP contribution in [0.4, 0.5) is 11.4 Å². The Balaban J connectivity index is 1.73. The van der Waals surface area contributed by atoms with Crippen molar-refractivity contribution in [3.8, 4) is 11.5 Å². The van der Waals surface area contributed by atoms with E-state index in [-0.39, 0.29) is 0 Å². The van der Waals surface area contributed by atoms with Crippen molar-refractivity contribution in [2.75, 3.05) is 24.7 Å². The second-order valence-corrected chi connectivity index (χ2v) is 4.61. The molecule has 4 nitrogen and oxygen atoms in total. The molecule has 0 bridgehead atoms. The Morgan fingerprint density at radius 1 is 0.950 bits per heavy atom. The van der Waals surface area contributed by atoms with Gasteiger partial charge in [0.05, 0.1) is 18.9 Å². The molecule has 0 aliphatic heterocycles. The number of ether oxygens (including phenoxy) is 2. The van der Waals surface area contributed by atoms with Crippen LogP contribution in [0.3, 0.4) is 0 Å². The van der Waals surface area contributed by atoms with Crippen molar-refractivity contribution in [1.82, 2.24) is 0 Å². The monoisotopic (exact) mass is 272 g/mol. The normalized spacial score (nSPS) is 10.2. The Morgan fingerprint density at radius 2 is 1.70 bits per heavy atom. The molecule has 0 aliphatic rings. The molecule has 0 spiro atoms. The number of anilines is 2. The summed E-state index contributed by atoms with van der Waals surface area (Å²) in [6.45, 7) is 3.11. The van der Waals surface area contributed by atoms with Gasteiger partial charge in [-0.05, 0) is 30.7 Å². The van der Waals surface area contributed by atoms with Gasteiger partial charge in [0.15, 0.2) is 0 Å². The zero-order valence-electron chi connectivity index (χ0n) is 11.6. The smallest absolute Gasteiger partial charge is 0.142 e. The third-order valence-electron chi connectivity index (χ3n) is 2.96. The summed E-state index contributed by atoms with van der Waals surface area (Å²) in [5.74, 6) is 1.51. The molecule has 0 radical (unpaired) electrons. The van der Waals surface area contributed by atoms with E-state index in [2.05, 4.69) is 0 Å². The predicted molar refractivity (Wildman–Crippen MR) is 82.1 cm³/mol. The number of benzene rings is 2. The molecule has 2 aromatic carbocycles. The highest BCUT2D eigenvalue weighted by Crippen LogP contribution is 2.24. The molecule has 0 aliphatic carbocycles. The third kappa shape index (κ3) is 3.82. The Morgan fingerprint density at radius 3 is 2.50 bits per heavy atom. The molecule has 0 saturated carbocycles. The summed E-state index contributed by atoms with van der Waals surface area (Å²) in [5, 5.41) is 0. The van der Waals surface area contributed by atoms with Gasteiger partial charge in [-0.3, -0.25) is 0 Å². The first-order chi connectivity index (χ1) is 9.66. The first kappa shape index (κ1) is 14.1. The van der Waals surface area contributed by atoms with Gasteiger partial charge in [0.1, 0.15) is 11.5 Å². The van der Waals surface area contributed by atoms with E-state index < -0.39 is 0 Å². The highest BCUT2D eigenvalue weighted by atomic mass is 16.5. The lowest BCUT2D eigenvalue weighted by Crippen LogP contribution is -2.06. The molecule has 0 heterocycles. The van der Waals surface area contributed by atoms with Crippen molar-refractivity contribution in [1.29, 1.82) is 0 Å². The van der Waals surface area contributed by atoms with Crippen LogP contribution in [-0.2, 0) is 0 Å². The van der Waals surface area contributed by atoms with Gasteiger partial charge in [0, 0.05) is 18.2 Å². The van der Waals surface area contributed by atoms with Gasteiger partial charge in [0.2, 0.25) is 0 Å². The van der Waals surface area contributed by atoms with E-state index in [0.29, 0.717) is 24.6 Å². The van der Waals surface area contributed by atoms with Crippen molar-refractivity contribution >= 4 is 11.4 Å². The molecule has 0 unspecified atom stereocenters. The quantitative estimate of drug-likeness (QED) is 0.626. The second kappa shape index (κ2) is 6.70. The lowest BCUT2D eigenvalue weighted by molar-refractivity contribution is 0.248. The van der Waals surface area contributed by atoms with Crippen LogP contribution in [0.1, 0.15) is 12.0 Å². The first-order valence-electron chi connectivity index (χ1n) is 6.63. The summed E-state index contributed by atoms with van der Waals surface area (Å²) in [6.07, 6.45) is 0.780. The Hall–Kier alpha value is -2.36. The molecular weight excluding hydrogens is 252 g/mol. The average molecular weight is 272 g/mol. The maximum Gasteiger partial charge on any atom is 0.142 e. The van der Waals surface area contributed by atoms with Gasteiger partial charge in [-0.25, -0.2) is 0 Å². The Bertz CT molecular complexity index is 570. The minimum atomic E-state index is 0.565. The lowest BCUT2D eigenvalue weighted by Gasteiger charge is -2.11. The molecule has 4 heteroatoms. The summed E-state index contributed by atoms with van der Waals surface area (Å²) >= 11 is 0. The van der Waals surface area contributed by atoms with E-state index in [1.807, 2.05) is 43.3 Å². The SMILES string of the molecule is Cc1cccc(OCCCOc2cccc(N)c2)c1N. The highest BCUT2D eigenvalue weighted by molar-refractivity contribution is 5.57. The summed E-state index contributed by atoms with van der Waals surface area (Å²) < 4.78 is 11.2. The fourth-order valence-electron chi connectivity index (χ4n) is 1.82. The van der Waals surface area contributed by atoms with E-state index in [1.54, 1.807) is 6.07 Å². The number of nitrogen functional groups attached to an aromatic ring is 2. The van der Waals surface area contributed by atoms with E-state index in [9.17, 15) is 0 Å². The van der Waals surface area contributed by atoms with Crippen LogP contribution in [0.2, 0.25) is 0 Å². The number of hydrogen-bond donors (Lipinski definition) is 2. The molecule has 2 rings (SSSR count). The largest absolute Gasteiger partial charge is 0.493 e. The van der Waals surface area contributed by atoms with E-state index in [4.69, 9.17) is 20.9 Å². The van der Waals surface area contributed by atoms with Crippen molar-refractivity contribution in [3.05, 3.63) is 48.0 Å². The molecule has 106 valence electrons. The van der Waals surface area contributed by atoms with Gasteiger partial charge >= 0.3 is 0 Å². The van der Waals surface area contributed by atoms with Crippen molar-refractivity contribution in [2.24, 2.45) is 0 Å². The first-order valence-corrected chi connectivity index (χ1v) is 6.63. The second-order valence-electron chi connectivity index (χ2n) is 4.61. The fourth-order valence-corrected chi connectivity index (χ4v) is 1.82. The molecule has 0 amide bonds. The van der Waals surface area contributed by atoms with Crippen molar-refractivity contribution in [2.45, 2.75) is 13.3 Å². The zero-order chi connectivity index (χ0) is 14.4. The van der Waals surface area contributed by atoms with E-state index in [0.717, 1.165) is 23.5 Å². The van der Waals surface area contributed by atoms with Crippen molar-refractivity contribution < 1.29 is 9.47 Å². The van der Waals surface area contributed by atoms with Gasteiger partial charge < -0.3 is 20.9 Å². The highest BCUT2D eigenvalue weighted by Gasteiger charge is 2.02. The molecule has 0 saturated heterocycles. The molecule has 0 atom stereocenters. The Kier molecular flexibility index (Phi) is 4.71.